The number of aliphatic hydroxyl groups is 1. The van der Waals surface area contributed by atoms with Crippen LogP contribution in [0.15, 0.2) is 36.4 Å². The van der Waals surface area contributed by atoms with Gasteiger partial charge in [0, 0.05) is 42.4 Å². The van der Waals surface area contributed by atoms with Crippen molar-refractivity contribution < 1.29 is 28.1 Å². The summed E-state index contributed by atoms with van der Waals surface area (Å²) in [5.41, 5.74) is -0.219. The summed E-state index contributed by atoms with van der Waals surface area (Å²) in [4.78, 5) is 13.2. The van der Waals surface area contributed by atoms with E-state index in [0.717, 1.165) is 25.8 Å². The van der Waals surface area contributed by atoms with E-state index in [-0.39, 0.29) is 40.6 Å². The number of phenolic OH excluding ortho intramolecular Hbond substituents is 1. The van der Waals surface area contributed by atoms with Gasteiger partial charge in [-0.2, -0.15) is 9.97 Å². The number of aromatic hydroxyl groups is 1. The van der Waals surface area contributed by atoms with E-state index in [1.54, 1.807) is 12.1 Å². The van der Waals surface area contributed by atoms with Gasteiger partial charge >= 0.3 is 6.01 Å². The van der Waals surface area contributed by atoms with E-state index in [0.29, 0.717) is 54.5 Å². The van der Waals surface area contributed by atoms with Crippen molar-refractivity contribution in [2.45, 2.75) is 49.9 Å². The molecule has 43 heavy (non-hydrogen) atoms. The molecule has 4 aromatic rings. The molecule has 7 nitrogen and oxygen atoms in total. The number of nitrogens with zero attached hydrogens (tertiary/aromatic N) is 4. The molecule has 0 saturated carbocycles. The standard InChI is InChI=1S/C33H31F3N4O3/c1-2-23-27(35)9-6-19-13-22(42)14-26(28(19)23)24-7-8-25-30(29(24)36)37-32(38-31(25)39-11-3-5-21(41)17-39)43-18-33-10-4-12-40(33)16-20(34)15-33/h1,6-9,13-14,20-21,41-42H,3-5,10-12,15-18H2/t20?,21-,33+/m1/s1. The largest absolute Gasteiger partial charge is 0.508 e. The third kappa shape index (κ3) is 4.71. The Morgan fingerprint density at radius 2 is 1.93 bits per heavy atom. The number of β-amino-alcohol motifs (C(OH)–C–C–N with tert-alkyl or cyclic N) is 1. The van der Waals surface area contributed by atoms with Gasteiger partial charge in [0.2, 0.25) is 0 Å². The van der Waals surface area contributed by atoms with Gasteiger partial charge in [-0.1, -0.05) is 18.1 Å². The fourth-order valence-corrected chi connectivity index (χ4v) is 7.21. The summed E-state index contributed by atoms with van der Waals surface area (Å²) in [7, 11) is 0. The number of aliphatic hydroxyl groups excluding tert-OH is 1. The number of benzene rings is 3. The van der Waals surface area contributed by atoms with Crippen LogP contribution < -0.4 is 9.64 Å². The molecule has 3 aliphatic heterocycles. The summed E-state index contributed by atoms with van der Waals surface area (Å²) < 4.78 is 51.9. The molecule has 3 atom stereocenters. The molecule has 0 bridgehead atoms. The first-order valence-electron chi connectivity index (χ1n) is 14.6. The highest BCUT2D eigenvalue weighted by molar-refractivity contribution is 6.04. The Morgan fingerprint density at radius 3 is 2.74 bits per heavy atom. The summed E-state index contributed by atoms with van der Waals surface area (Å²) in [6.07, 6.45) is 7.66. The highest BCUT2D eigenvalue weighted by Gasteiger charge is 2.49. The lowest BCUT2D eigenvalue weighted by Crippen LogP contribution is -2.43. The molecule has 0 radical (unpaired) electrons. The maximum absolute atomic E-state index is 16.7. The van der Waals surface area contributed by atoms with Crippen molar-refractivity contribution in [3.63, 3.8) is 0 Å². The maximum Gasteiger partial charge on any atom is 0.319 e. The molecule has 3 aromatic carbocycles. The zero-order chi connectivity index (χ0) is 29.9. The van der Waals surface area contributed by atoms with Crippen molar-refractivity contribution in [3.8, 4) is 35.2 Å². The topological polar surface area (TPSA) is 82.0 Å². The van der Waals surface area contributed by atoms with Crippen LogP contribution in [0.3, 0.4) is 0 Å². The molecule has 3 aliphatic rings. The Balaban J connectivity index is 1.38. The van der Waals surface area contributed by atoms with E-state index in [9.17, 15) is 19.0 Å². The number of fused-ring (bicyclic) bond motifs is 3. The minimum absolute atomic E-state index is 0.0247. The lowest BCUT2D eigenvalue weighted by atomic mass is 9.93. The predicted molar refractivity (Wildman–Crippen MR) is 158 cm³/mol. The van der Waals surface area contributed by atoms with Gasteiger partial charge in [0.25, 0.3) is 0 Å². The van der Waals surface area contributed by atoms with E-state index in [1.807, 2.05) is 4.90 Å². The zero-order valence-electron chi connectivity index (χ0n) is 23.5. The third-order valence-electron chi connectivity index (χ3n) is 9.18. The minimum atomic E-state index is -0.929. The molecule has 0 amide bonds. The number of anilines is 1. The molecule has 222 valence electrons. The highest BCUT2D eigenvalue weighted by Crippen LogP contribution is 2.42. The molecule has 2 N–H and O–H groups in total. The van der Waals surface area contributed by atoms with Crippen LogP contribution in [0.4, 0.5) is 19.0 Å². The summed E-state index contributed by atoms with van der Waals surface area (Å²) in [5, 5.41) is 22.1. The van der Waals surface area contributed by atoms with Crippen LogP contribution in [0.5, 0.6) is 11.8 Å². The van der Waals surface area contributed by atoms with Gasteiger partial charge in [-0.05, 0) is 67.4 Å². The first-order valence-corrected chi connectivity index (χ1v) is 14.6. The molecule has 0 aliphatic carbocycles. The summed E-state index contributed by atoms with van der Waals surface area (Å²) in [6, 6.07) is 8.68. The quantitative estimate of drug-likeness (QED) is 0.305. The lowest BCUT2D eigenvalue weighted by Gasteiger charge is -2.33. The molecule has 10 heteroatoms. The monoisotopic (exact) mass is 588 g/mol. The molecule has 7 rings (SSSR count). The minimum Gasteiger partial charge on any atom is -0.508 e. The van der Waals surface area contributed by atoms with Gasteiger partial charge in [-0.15, -0.1) is 6.42 Å². The number of hydrogen-bond donors (Lipinski definition) is 2. The predicted octanol–water partition coefficient (Wildman–Crippen LogP) is 5.33. The van der Waals surface area contributed by atoms with E-state index in [1.165, 1.54) is 24.3 Å². The fourth-order valence-electron chi connectivity index (χ4n) is 7.21. The van der Waals surface area contributed by atoms with Crippen molar-refractivity contribution in [2.24, 2.45) is 0 Å². The molecular weight excluding hydrogens is 557 g/mol. The Labute approximate surface area is 246 Å². The van der Waals surface area contributed by atoms with E-state index in [4.69, 9.17) is 11.2 Å². The Kier molecular flexibility index (Phi) is 6.83. The second kappa shape index (κ2) is 10.6. The van der Waals surface area contributed by atoms with Crippen LogP contribution in [0.1, 0.15) is 37.7 Å². The number of piperidine rings is 1. The van der Waals surface area contributed by atoms with E-state index < -0.39 is 29.4 Å². The Hall–Kier alpha value is -4.07. The number of alkyl halides is 1. The van der Waals surface area contributed by atoms with E-state index >= 15 is 4.39 Å². The first kappa shape index (κ1) is 27.7. The molecular formula is C33H31F3N4O3. The van der Waals surface area contributed by atoms with Gasteiger partial charge < -0.3 is 19.8 Å². The smallest absolute Gasteiger partial charge is 0.319 e. The first-order chi connectivity index (χ1) is 20.8. The van der Waals surface area contributed by atoms with Crippen LogP contribution in [-0.4, -0.2) is 75.7 Å². The molecule has 4 heterocycles. The van der Waals surface area contributed by atoms with Crippen molar-refractivity contribution in [3.05, 3.63) is 53.6 Å². The molecule has 3 saturated heterocycles. The van der Waals surface area contributed by atoms with Crippen molar-refractivity contribution >= 4 is 27.5 Å². The summed E-state index contributed by atoms with van der Waals surface area (Å²) in [5.74, 6) is 1.32. The van der Waals surface area contributed by atoms with Gasteiger partial charge in [0.15, 0.2) is 5.82 Å². The number of halogens is 3. The van der Waals surface area contributed by atoms with Crippen LogP contribution in [0, 0.1) is 24.0 Å². The van der Waals surface area contributed by atoms with Crippen LogP contribution >= 0.6 is 0 Å². The summed E-state index contributed by atoms with van der Waals surface area (Å²) in [6.45, 7) is 2.27. The van der Waals surface area contributed by atoms with Crippen LogP contribution in [0.2, 0.25) is 0 Å². The number of aromatic nitrogens is 2. The van der Waals surface area contributed by atoms with Gasteiger partial charge in [-0.25, -0.2) is 13.2 Å². The average Bonchev–Trinajstić information content (AvgIpc) is 3.51. The van der Waals surface area contributed by atoms with Gasteiger partial charge in [-0.3, -0.25) is 4.90 Å². The van der Waals surface area contributed by atoms with Crippen LogP contribution in [0.25, 0.3) is 32.8 Å². The number of hydrogen-bond acceptors (Lipinski definition) is 7. The number of terminal acetylenes is 1. The molecule has 1 unspecified atom stereocenters. The number of rotatable bonds is 5. The second-order valence-electron chi connectivity index (χ2n) is 11.9. The second-order valence-corrected chi connectivity index (χ2v) is 11.9. The van der Waals surface area contributed by atoms with Crippen molar-refractivity contribution in [1.82, 2.24) is 14.9 Å². The van der Waals surface area contributed by atoms with E-state index in [2.05, 4.69) is 20.8 Å². The number of ether oxygens (including phenoxy) is 1. The Bertz CT molecular complexity index is 1790. The molecule has 1 aromatic heterocycles. The van der Waals surface area contributed by atoms with Crippen molar-refractivity contribution in [2.75, 3.05) is 37.7 Å². The Morgan fingerprint density at radius 1 is 1.07 bits per heavy atom. The highest BCUT2D eigenvalue weighted by atomic mass is 19.1. The molecule has 3 fully saturated rings. The lowest BCUT2D eigenvalue weighted by molar-refractivity contribution is 0.107. The van der Waals surface area contributed by atoms with Gasteiger partial charge in [0.1, 0.15) is 35.7 Å². The average molecular weight is 589 g/mol. The van der Waals surface area contributed by atoms with Crippen molar-refractivity contribution in [1.29, 1.82) is 0 Å². The maximum atomic E-state index is 16.7. The normalized spacial score (nSPS) is 24.0. The SMILES string of the molecule is C#Cc1c(F)ccc2cc(O)cc(-c3ccc4c(N5CCC[C@@H](O)C5)nc(OC[C@@]56CCCN5CC(F)C6)nc4c3F)c12. The zero-order valence-corrected chi connectivity index (χ0v) is 23.5. The van der Waals surface area contributed by atoms with Crippen LogP contribution in [-0.2, 0) is 0 Å². The van der Waals surface area contributed by atoms with Gasteiger partial charge in [0.05, 0.1) is 17.2 Å². The molecule has 0 spiro atoms. The number of phenols is 1. The third-order valence-corrected chi connectivity index (χ3v) is 9.18. The summed E-state index contributed by atoms with van der Waals surface area (Å²) >= 11 is 0. The fraction of sp³-hybridized carbons (Fsp3) is 0.394.